The highest BCUT2D eigenvalue weighted by Crippen LogP contribution is 2.49. The maximum atomic E-state index is 12.5. The van der Waals surface area contributed by atoms with Crippen molar-refractivity contribution < 1.29 is 14.6 Å². The van der Waals surface area contributed by atoms with Crippen LogP contribution in [-0.2, 0) is 10.2 Å². The molecular weight excluding hydrogens is 364 g/mol. The molecule has 1 spiro atoms. The molecule has 1 amide bonds. The second-order valence-electron chi connectivity index (χ2n) is 7.31. The van der Waals surface area contributed by atoms with Crippen molar-refractivity contribution in [2.24, 2.45) is 5.73 Å². The van der Waals surface area contributed by atoms with Crippen LogP contribution in [-0.4, -0.2) is 41.7 Å². The van der Waals surface area contributed by atoms with Gasteiger partial charge in [-0.15, -0.1) is 0 Å². The molecule has 1 saturated heterocycles. The summed E-state index contributed by atoms with van der Waals surface area (Å²) in [5, 5.41) is 11.3. The summed E-state index contributed by atoms with van der Waals surface area (Å²) in [6.07, 6.45) is 0.763. The Morgan fingerprint density at radius 2 is 1.85 bits per heavy atom. The molecule has 142 valence electrons. The van der Waals surface area contributed by atoms with Crippen molar-refractivity contribution in [1.29, 1.82) is 0 Å². The summed E-state index contributed by atoms with van der Waals surface area (Å²) in [7, 11) is 0. The van der Waals surface area contributed by atoms with E-state index in [0.717, 1.165) is 11.1 Å². The number of para-hydroxylation sites is 1. The van der Waals surface area contributed by atoms with Crippen LogP contribution < -0.4 is 10.5 Å². The van der Waals surface area contributed by atoms with Gasteiger partial charge in [0.1, 0.15) is 5.75 Å². The molecule has 2 aromatic rings. The third kappa shape index (κ3) is 3.10. The first-order valence-corrected chi connectivity index (χ1v) is 9.59. The number of hydrogen-bond donors (Lipinski definition) is 2. The Morgan fingerprint density at radius 3 is 2.59 bits per heavy atom. The minimum atomic E-state index is -0.619. The van der Waals surface area contributed by atoms with Gasteiger partial charge in [-0.2, -0.15) is 0 Å². The standard InChI is InChI=1S/C21H23ClN2O3/c22-16-7-3-4-8-17(16)27-13-18(25)24-11-9-21(10-12-24)15-6-2-1-5-14(15)19(23)20(21)26/h1-8,19-20,26H,9-13,23H2/t19-,20+/m0/s1. The maximum absolute atomic E-state index is 12.5. The van der Waals surface area contributed by atoms with Crippen LogP contribution in [0.15, 0.2) is 48.5 Å². The van der Waals surface area contributed by atoms with E-state index in [1.165, 1.54) is 0 Å². The van der Waals surface area contributed by atoms with Crippen LogP contribution in [0.3, 0.4) is 0 Å². The van der Waals surface area contributed by atoms with Gasteiger partial charge in [0.2, 0.25) is 0 Å². The minimum absolute atomic E-state index is 0.0462. The summed E-state index contributed by atoms with van der Waals surface area (Å²) in [6, 6.07) is 14.7. The Balaban J connectivity index is 1.42. The number of nitrogens with zero attached hydrogens (tertiary/aromatic N) is 1. The number of benzene rings is 2. The highest BCUT2D eigenvalue weighted by atomic mass is 35.5. The van der Waals surface area contributed by atoms with E-state index >= 15 is 0 Å². The van der Waals surface area contributed by atoms with Crippen molar-refractivity contribution in [3.8, 4) is 5.75 Å². The van der Waals surface area contributed by atoms with Crippen LogP contribution >= 0.6 is 11.6 Å². The zero-order valence-corrected chi connectivity index (χ0v) is 15.7. The van der Waals surface area contributed by atoms with Gasteiger partial charge in [0.15, 0.2) is 6.61 Å². The second-order valence-corrected chi connectivity index (χ2v) is 7.72. The summed E-state index contributed by atoms with van der Waals surface area (Å²) in [5.41, 5.74) is 8.04. The van der Waals surface area contributed by atoms with Crippen LogP contribution in [0.5, 0.6) is 5.75 Å². The fraction of sp³-hybridized carbons (Fsp3) is 0.381. The molecule has 0 aromatic heterocycles. The fourth-order valence-electron chi connectivity index (χ4n) is 4.43. The number of nitrogens with two attached hydrogens (primary N) is 1. The third-order valence-electron chi connectivity index (χ3n) is 5.96. The van der Waals surface area contributed by atoms with Gasteiger partial charge < -0.3 is 20.5 Å². The molecule has 0 radical (unpaired) electrons. The predicted octanol–water partition coefficient (Wildman–Crippen LogP) is 2.65. The number of aliphatic hydroxyl groups excluding tert-OH is 1. The normalized spacial score (nSPS) is 23.3. The second kappa shape index (κ2) is 7.15. The maximum Gasteiger partial charge on any atom is 0.260 e. The lowest BCUT2D eigenvalue weighted by molar-refractivity contribution is -0.135. The van der Waals surface area contributed by atoms with Crippen molar-refractivity contribution in [3.63, 3.8) is 0 Å². The van der Waals surface area contributed by atoms with Crippen molar-refractivity contribution in [2.45, 2.75) is 30.4 Å². The van der Waals surface area contributed by atoms with Crippen LogP contribution in [0.25, 0.3) is 0 Å². The van der Waals surface area contributed by atoms with Crippen LogP contribution in [0.2, 0.25) is 5.02 Å². The molecule has 2 atom stereocenters. The minimum Gasteiger partial charge on any atom is -0.482 e. The van der Waals surface area contributed by atoms with E-state index in [-0.39, 0.29) is 24.0 Å². The molecule has 2 aromatic carbocycles. The Hall–Kier alpha value is -2.08. The summed E-state index contributed by atoms with van der Waals surface area (Å²) in [6.45, 7) is 1.10. The summed E-state index contributed by atoms with van der Waals surface area (Å²) < 4.78 is 5.57. The molecule has 5 nitrogen and oxygen atoms in total. The molecule has 1 fully saturated rings. The Kier molecular flexibility index (Phi) is 4.84. The Labute approximate surface area is 163 Å². The van der Waals surface area contributed by atoms with Gasteiger partial charge in [-0.25, -0.2) is 0 Å². The molecular formula is C21H23ClN2O3. The molecule has 2 aliphatic rings. The van der Waals surface area contributed by atoms with E-state index in [2.05, 4.69) is 6.07 Å². The highest BCUT2D eigenvalue weighted by molar-refractivity contribution is 6.32. The molecule has 0 saturated carbocycles. The average Bonchev–Trinajstić information content (AvgIpc) is 2.90. The van der Waals surface area contributed by atoms with Crippen molar-refractivity contribution >= 4 is 17.5 Å². The van der Waals surface area contributed by atoms with E-state index in [1.54, 1.807) is 17.0 Å². The summed E-state index contributed by atoms with van der Waals surface area (Å²) in [5.74, 6) is 0.432. The topological polar surface area (TPSA) is 75.8 Å². The number of aliphatic hydroxyl groups is 1. The summed E-state index contributed by atoms with van der Waals surface area (Å²) in [4.78, 5) is 14.3. The molecule has 6 heteroatoms. The number of fused-ring (bicyclic) bond motifs is 2. The SMILES string of the molecule is N[C@H]1c2ccccc2C2(CCN(C(=O)COc3ccccc3Cl)CC2)[C@@H]1O. The number of carbonyl (C=O) groups excluding carboxylic acids is 1. The van der Waals surface area contributed by atoms with E-state index in [9.17, 15) is 9.90 Å². The Bertz CT molecular complexity index is 849. The first kappa shape index (κ1) is 18.3. The number of likely N-dealkylation sites (tertiary alicyclic amines) is 1. The first-order valence-electron chi connectivity index (χ1n) is 9.21. The molecule has 1 heterocycles. The van der Waals surface area contributed by atoms with Gasteiger partial charge in [0.25, 0.3) is 5.91 Å². The third-order valence-corrected chi connectivity index (χ3v) is 6.27. The summed E-state index contributed by atoms with van der Waals surface area (Å²) >= 11 is 6.06. The van der Waals surface area contributed by atoms with Gasteiger partial charge in [-0.05, 0) is 36.1 Å². The number of piperidine rings is 1. The number of hydrogen-bond acceptors (Lipinski definition) is 4. The number of ether oxygens (including phenoxy) is 1. The smallest absolute Gasteiger partial charge is 0.260 e. The van der Waals surface area contributed by atoms with Gasteiger partial charge in [-0.3, -0.25) is 4.79 Å². The van der Waals surface area contributed by atoms with Crippen molar-refractivity contribution in [3.05, 3.63) is 64.7 Å². The molecule has 27 heavy (non-hydrogen) atoms. The van der Waals surface area contributed by atoms with Gasteiger partial charge in [0, 0.05) is 18.5 Å². The number of halogens is 1. The molecule has 0 unspecified atom stereocenters. The lowest BCUT2D eigenvalue weighted by Gasteiger charge is -2.42. The number of amides is 1. The van der Waals surface area contributed by atoms with E-state index < -0.39 is 6.10 Å². The lowest BCUT2D eigenvalue weighted by Crippen LogP contribution is -2.51. The van der Waals surface area contributed by atoms with E-state index in [0.29, 0.717) is 36.7 Å². The van der Waals surface area contributed by atoms with Gasteiger partial charge >= 0.3 is 0 Å². The first-order chi connectivity index (χ1) is 13.0. The van der Waals surface area contributed by atoms with Crippen molar-refractivity contribution in [2.75, 3.05) is 19.7 Å². The van der Waals surface area contributed by atoms with Crippen molar-refractivity contribution in [1.82, 2.24) is 4.90 Å². The van der Waals surface area contributed by atoms with Gasteiger partial charge in [-0.1, -0.05) is 48.0 Å². The predicted molar refractivity (Wildman–Crippen MR) is 104 cm³/mol. The van der Waals surface area contributed by atoms with E-state index in [1.807, 2.05) is 30.3 Å². The van der Waals surface area contributed by atoms with Crippen LogP contribution in [0, 0.1) is 0 Å². The molecule has 4 rings (SSSR count). The zero-order chi connectivity index (χ0) is 19.0. The molecule has 1 aliphatic heterocycles. The highest BCUT2D eigenvalue weighted by Gasteiger charge is 2.51. The zero-order valence-electron chi connectivity index (χ0n) is 15.0. The van der Waals surface area contributed by atoms with Gasteiger partial charge in [0.05, 0.1) is 17.2 Å². The number of rotatable bonds is 3. The quantitative estimate of drug-likeness (QED) is 0.850. The average molecular weight is 387 g/mol. The van der Waals surface area contributed by atoms with Crippen LogP contribution in [0.1, 0.15) is 30.0 Å². The van der Waals surface area contributed by atoms with Crippen LogP contribution in [0.4, 0.5) is 0 Å². The largest absolute Gasteiger partial charge is 0.482 e. The number of carbonyl (C=O) groups is 1. The molecule has 1 aliphatic carbocycles. The monoisotopic (exact) mass is 386 g/mol. The fourth-order valence-corrected chi connectivity index (χ4v) is 4.62. The molecule has 3 N–H and O–H groups in total. The lowest BCUT2D eigenvalue weighted by atomic mass is 9.72. The van der Waals surface area contributed by atoms with E-state index in [4.69, 9.17) is 22.1 Å². The Morgan fingerprint density at radius 1 is 1.19 bits per heavy atom. The molecule has 0 bridgehead atoms.